The van der Waals surface area contributed by atoms with Crippen LogP contribution in [-0.2, 0) is 13.5 Å². The summed E-state index contributed by atoms with van der Waals surface area (Å²) < 4.78 is 40.3. The predicted molar refractivity (Wildman–Crippen MR) is 72.4 cm³/mol. The highest BCUT2D eigenvalue weighted by Gasteiger charge is 2.43. The number of aryl methyl sites for hydroxylation is 1. The molecule has 1 aliphatic rings. The second-order valence-electron chi connectivity index (χ2n) is 5.72. The van der Waals surface area contributed by atoms with E-state index in [-0.39, 0.29) is 18.8 Å². The van der Waals surface area contributed by atoms with Crippen LogP contribution in [0.3, 0.4) is 0 Å². The second-order valence-corrected chi connectivity index (χ2v) is 5.72. The Morgan fingerprint density at radius 1 is 1.35 bits per heavy atom. The number of nitrogens with two attached hydrogens (primary N) is 1. The summed E-state index contributed by atoms with van der Waals surface area (Å²) >= 11 is 0. The molecule has 0 radical (unpaired) electrons. The second kappa shape index (κ2) is 5.66. The van der Waals surface area contributed by atoms with Crippen LogP contribution in [0, 0.1) is 5.92 Å². The maximum Gasteiger partial charge on any atom is 0.391 e. The quantitative estimate of drug-likeness (QED) is 0.920. The van der Waals surface area contributed by atoms with Gasteiger partial charge in [-0.1, -0.05) is 19.8 Å². The van der Waals surface area contributed by atoms with Crippen molar-refractivity contribution in [1.29, 1.82) is 0 Å². The van der Waals surface area contributed by atoms with Crippen molar-refractivity contribution >= 4 is 5.82 Å². The maximum atomic E-state index is 12.9. The fourth-order valence-electron chi connectivity index (χ4n) is 3.17. The Balaban J connectivity index is 2.25. The van der Waals surface area contributed by atoms with E-state index in [1.165, 1.54) is 0 Å². The van der Waals surface area contributed by atoms with Crippen LogP contribution < -0.4 is 5.73 Å². The van der Waals surface area contributed by atoms with Gasteiger partial charge in [0.1, 0.15) is 5.82 Å². The van der Waals surface area contributed by atoms with E-state index in [4.69, 9.17) is 5.73 Å². The highest BCUT2D eigenvalue weighted by atomic mass is 19.4. The molecular formula is C14H22F3N3. The van der Waals surface area contributed by atoms with Gasteiger partial charge in [-0.15, -0.1) is 0 Å². The summed E-state index contributed by atoms with van der Waals surface area (Å²) in [5, 5.41) is 4.39. The lowest BCUT2D eigenvalue weighted by molar-refractivity contribution is -0.183. The smallest absolute Gasteiger partial charge is 0.384 e. The van der Waals surface area contributed by atoms with Gasteiger partial charge >= 0.3 is 6.18 Å². The lowest BCUT2D eigenvalue weighted by Gasteiger charge is -2.30. The number of nitrogen functional groups attached to an aromatic ring is 1. The average molecular weight is 289 g/mol. The normalized spacial score (nSPS) is 24.1. The summed E-state index contributed by atoms with van der Waals surface area (Å²) in [4.78, 5) is 0. The zero-order chi connectivity index (χ0) is 14.9. The molecular weight excluding hydrogens is 267 g/mol. The largest absolute Gasteiger partial charge is 0.391 e. The van der Waals surface area contributed by atoms with E-state index in [9.17, 15) is 13.2 Å². The summed E-state index contributed by atoms with van der Waals surface area (Å²) in [6.07, 6.45) is -0.622. The molecule has 2 atom stereocenters. The van der Waals surface area contributed by atoms with Crippen LogP contribution in [0.2, 0.25) is 0 Å². The highest BCUT2D eigenvalue weighted by molar-refractivity contribution is 5.45. The third-order valence-corrected chi connectivity index (χ3v) is 4.25. The van der Waals surface area contributed by atoms with Gasteiger partial charge in [-0.2, -0.15) is 18.3 Å². The minimum atomic E-state index is -4.09. The minimum Gasteiger partial charge on any atom is -0.384 e. The van der Waals surface area contributed by atoms with Crippen LogP contribution >= 0.6 is 0 Å². The molecule has 2 N–H and O–H groups in total. The van der Waals surface area contributed by atoms with Crippen molar-refractivity contribution in [2.75, 3.05) is 5.73 Å². The number of hydrogen-bond acceptors (Lipinski definition) is 2. The molecule has 1 aliphatic carbocycles. The van der Waals surface area contributed by atoms with Gasteiger partial charge in [0, 0.05) is 18.5 Å². The number of hydrogen-bond donors (Lipinski definition) is 1. The fourth-order valence-corrected chi connectivity index (χ4v) is 3.17. The van der Waals surface area contributed by atoms with E-state index in [2.05, 4.69) is 5.10 Å². The zero-order valence-corrected chi connectivity index (χ0v) is 12.0. The van der Waals surface area contributed by atoms with Crippen molar-refractivity contribution in [3.8, 4) is 0 Å². The van der Waals surface area contributed by atoms with Gasteiger partial charge < -0.3 is 5.73 Å². The summed E-state index contributed by atoms with van der Waals surface area (Å²) in [5.41, 5.74) is 7.73. The number of halogens is 3. The molecule has 0 bridgehead atoms. The summed E-state index contributed by atoms with van der Waals surface area (Å²) in [6.45, 7) is 2.04. The van der Waals surface area contributed by atoms with Gasteiger partial charge in [0.05, 0.1) is 11.6 Å². The van der Waals surface area contributed by atoms with Gasteiger partial charge in [-0.25, -0.2) is 0 Å². The average Bonchev–Trinajstić information content (AvgIpc) is 2.67. The van der Waals surface area contributed by atoms with Crippen LogP contribution in [-0.4, -0.2) is 16.0 Å². The van der Waals surface area contributed by atoms with Crippen LogP contribution in [0.4, 0.5) is 19.0 Å². The molecule has 1 saturated carbocycles. The maximum absolute atomic E-state index is 12.9. The molecule has 2 unspecified atom stereocenters. The van der Waals surface area contributed by atoms with E-state index in [0.29, 0.717) is 12.2 Å². The molecule has 1 aromatic rings. The van der Waals surface area contributed by atoms with E-state index in [0.717, 1.165) is 30.5 Å². The van der Waals surface area contributed by atoms with Crippen molar-refractivity contribution in [2.45, 2.75) is 57.5 Å². The molecule has 0 aliphatic heterocycles. The number of nitrogens with zero attached hydrogens (tertiary/aromatic N) is 2. The third-order valence-electron chi connectivity index (χ3n) is 4.25. The fraction of sp³-hybridized carbons (Fsp3) is 0.786. The number of rotatable bonds is 3. The van der Waals surface area contributed by atoms with Crippen molar-refractivity contribution in [1.82, 2.24) is 9.78 Å². The SMILES string of the molecule is CCCc1c(C2CCCC(C(F)(F)F)C2)nn(C)c1N. The topological polar surface area (TPSA) is 43.8 Å². The van der Waals surface area contributed by atoms with E-state index in [1.807, 2.05) is 6.92 Å². The first-order valence-corrected chi connectivity index (χ1v) is 7.22. The molecule has 2 rings (SSSR count). The Kier molecular flexibility index (Phi) is 4.30. The molecule has 0 aromatic carbocycles. The Bertz CT molecular complexity index is 465. The highest BCUT2D eigenvalue weighted by Crippen LogP contribution is 2.44. The van der Waals surface area contributed by atoms with Crippen molar-refractivity contribution in [3.63, 3.8) is 0 Å². The summed E-state index contributed by atoms with van der Waals surface area (Å²) in [6, 6.07) is 0. The molecule has 3 nitrogen and oxygen atoms in total. The van der Waals surface area contributed by atoms with Crippen LogP contribution in [0.1, 0.15) is 56.2 Å². The first-order chi connectivity index (χ1) is 9.34. The van der Waals surface area contributed by atoms with Crippen LogP contribution in [0.5, 0.6) is 0 Å². The van der Waals surface area contributed by atoms with Crippen molar-refractivity contribution in [3.05, 3.63) is 11.3 Å². The molecule has 0 saturated heterocycles. The standard InChI is InChI=1S/C14H22F3N3/c1-3-5-11-12(19-20(2)13(11)18)9-6-4-7-10(8-9)14(15,16)17/h9-10H,3-8,18H2,1-2H3. The Hall–Kier alpha value is -1.20. The first kappa shape index (κ1) is 15.2. The first-order valence-electron chi connectivity index (χ1n) is 7.22. The van der Waals surface area contributed by atoms with Crippen molar-refractivity contribution < 1.29 is 13.2 Å². The number of anilines is 1. The zero-order valence-electron chi connectivity index (χ0n) is 12.0. The summed E-state index contributed by atoms with van der Waals surface area (Å²) in [5.74, 6) is -0.713. The minimum absolute atomic E-state index is 0.111. The Labute approximate surface area is 117 Å². The molecule has 1 aromatic heterocycles. The number of aromatic nitrogens is 2. The van der Waals surface area contributed by atoms with E-state index in [1.54, 1.807) is 11.7 Å². The van der Waals surface area contributed by atoms with Gasteiger partial charge in [0.25, 0.3) is 0 Å². The third kappa shape index (κ3) is 2.94. The lowest BCUT2D eigenvalue weighted by atomic mass is 9.78. The Morgan fingerprint density at radius 2 is 2.05 bits per heavy atom. The van der Waals surface area contributed by atoms with Crippen LogP contribution in [0.15, 0.2) is 0 Å². The van der Waals surface area contributed by atoms with Gasteiger partial charge in [0.15, 0.2) is 0 Å². The molecule has 6 heteroatoms. The predicted octanol–water partition coefficient (Wildman–Crippen LogP) is 3.79. The summed E-state index contributed by atoms with van der Waals surface area (Å²) in [7, 11) is 1.75. The molecule has 1 heterocycles. The van der Waals surface area contributed by atoms with Crippen LogP contribution in [0.25, 0.3) is 0 Å². The number of alkyl halides is 3. The van der Waals surface area contributed by atoms with E-state index >= 15 is 0 Å². The molecule has 114 valence electrons. The molecule has 0 amide bonds. The molecule has 1 fully saturated rings. The molecule has 0 spiro atoms. The molecule has 20 heavy (non-hydrogen) atoms. The lowest BCUT2D eigenvalue weighted by Crippen LogP contribution is -2.28. The van der Waals surface area contributed by atoms with E-state index < -0.39 is 12.1 Å². The Morgan fingerprint density at radius 3 is 2.65 bits per heavy atom. The van der Waals surface area contributed by atoms with Gasteiger partial charge in [0.2, 0.25) is 0 Å². The monoisotopic (exact) mass is 289 g/mol. The van der Waals surface area contributed by atoms with Gasteiger partial charge in [-0.3, -0.25) is 4.68 Å². The van der Waals surface area contributed by atoms with Gasteiger partial charge in [-0.05, 0) is 25.7 Å². The van der Waals surface area contributed by atoms with Crippen molar-refractivity contribution in [2.24, 2.45) is 13.0 Å².